The molecule has 1 aliphatic heterocycles. The smallest absolute Gasteiger partial charge is 0.257 e. The van der Waals surface area contributed by atoms with Crippen LogP contribution in [0, 0.1) is 19.7 Å². The zero-order valence-corrected chi connectivity index (χ0v) is 16.4. The van der Waals surface area contributed by atoms with Gasteiger partial charge < -0.3 is 0 Å². The molecule has 0 spiro atoms. The van der Waals surface area contributed by atoms with Crippen LogP contribution < -0.4 is 0 Å². The van der Waals surface area contributed by atoms with Crippen LogP contribution in [0.1, 0.15) is 41.6 Å². The van der Waals surface area contributed by atoms with Crippen LogP contribution in [0.15, 0.2) is 47.6 Å². The van der Waals surface area contributed by atoms with Gasteiger partial charge in [-0.1, -0.05) is 42.8 Å². The lowest BCUT2D eigenvalue weighted by atomic mass is 9.94. The van der Waals surface area contributed by atoms with E-state index in [4.69, 9.17) is 0 Å². The molecule has 1 unspecified atom stereocenters. The predicted molar refractivity (Wildman–Crippen MR) is 106 cm³/mol. The Labute approximate surface area is 160 Å². The maximum atomic E-state index is 13.3. The molecular formula is C22H26FN3O. The SMILES string of the molecule is CCN(C)CC(=O)N1N=C(c2ccc(F)cc2)CC1c1cc(C)ccc1C. The molecule has 2 aromatic rings. The molecule has 1 atom stereocenters. The Morgan fingerprint density at radius 1 is 1.22 bits per heavy atom. The molecule has 27 heavy (non-hydrogen) atoms. The van der Waals surface area contributed by atoms with Crippen LogP contribution in [0.5, 0.6) is 0 Å². The van der Waals surface area contributed by atoms with Crippen LogP contribution in [0.2, 0.25) is 0 Å². The van der Waals surface area contributed by atoms with Crippen LogP contribution in [0.4, 0.5) is 4.39 Å². The molecule has 1 amide bonds. The summed E-state index contributed by atoms with van der Waals surface area (Å²) in [6, 6.07) is 12.5. The number of rotatable bonds is 5. The summed E-state index contributed by atoms with van der Waals surface area (Å²) in [5.41, 5.74) is 5.08. The fourth-order valence-electron chi connectivity index (χ4n) is 3.33. The van der Waals surface area contributed by atoms with Gasteiger partial charge in [-0.25, -0.2) is 9.40 Å². The third-order valence-electron chi connectivity index (χ3n) is 5.08. The largest absolute Gasteiger partial charge is 0.298 e. The van der Waals surface area contributed by atoms with Crippen LogP contribution >= 0.6 is 0 Å². The molecule has 0 N–H and O–H groups in total. The Bertz CT molecular complexity index is 860. The maximum Gasteiger partial charge on any atom is 0.257 e. The number of carbonyl (C=O) groups excluding carboxylic acids is 1. The van der Waals surface area contributed by atoms with Crippen molar-refractivity contribution >= 4 is 11.6 Å². The molecular weight excluding hydrogens is 341 g/mol. The Morgan fingerprint density at radius 3 is 2.59 bits per heavy atom. The molecule has 1 heterocycles. The molecule has 0 aromatic heterocycles. The van der Waals surface area contributed by atoms with Gasteiger partial charge in [0, 0.05) is 6.42 Å². The summed E-state index contributed by atoms with van der Waals surface area (Å²) in [6.45, 7) is 7.25. The highest BCUT2D eigenvalue weighted by atomic mass is 19.1. The number of hydrogen-bond acceptors (Lipinski definition) is 3. The molecule has 0 fully saturated rings. The highest BCUT2D eigenvalue weighted by Crippen LogP contribution is 2.35. The van der Waals surface area contributed by atoms with Crippen molar-refractivity contribution in [3.8, 4) is 0 Å². The zero-order chi connectivity index (χ0) is 19.6. The summed E-state index contributed by atoms with van der Waals surface area (Å²) in [7, 11) is 1.92. The third-order valence-corrected chi connectivity index (χ3v) is 5.08. The van der Waals surface area contributed by atoms with E-state index in [1.807, 2.05) is 18.9 Å². The minimum absolute atomic E-state index is 0.0256. The van der Waals surface area contributed by atoms with Gasteiger partial charge in [0.15, 0.2) is 0 Å². The zero-order valence-electron chi connectivity index (χ0n) is 16.4. The lowest BCUT2D eigenvalue weighted by Gasteiger charge is -2.25. The summed E-state index contributed by atoms with van der Waals surface area (Å²) in [6.07, 6.45) is 0.623. The standard InChI is InChI=1S/C22H26FN3O/c1-5-25(4)14-22(27)26-21(19-12-15(2)6-7-16(19)3)13-20(24-26)17-8-10-18(23)11-9-17/h6-12,21H,5,13-14H2,1-4H3. The summed E-state index contributed by atoms with van der Waals surface area (Å²) in [5.74, 6) is -0.303. The summed E-state index contributed by atoms with van der Waals surface area (Å²) in [4.78, 5) is 14.9. The van der Waals surface area contributed by atoms with Crippen molar-refractivity contribution in [3.63, 3.8) is 0 Å². The van der Waals surface area contributed by atoms with Gasteiger partial charge in [-0.15, -0.1) is 0 Å². The lowest BCUT2D eigenvalue weighted by molar-refractivity contribution is -0.133. The molecule has 0 radical (unpaired) electrons. The first-order valence-corrected chi connectivity index (χ1v) is 9.30. The summed E-state index contributed by atoms with van der Waals surface area (Å²) < 4.78 is 13.3. The number of amides is 1. The van der Waals surface area contributed by atoms with Gasteiger partial charge in [0.1, 0.15) is 5.82 Å². The predicted octanol–water partition coefficient (Wildman–Crippen LogP) is 4.07. The third kappa shape index (κ3) is 4.25. The molecule has 0 aliphatic carbocycles. The summed E-state index contributed by atoms with van der Waals surface area (Å²) in [5, 5.41) is 6.27. The maximum absolute atomic E-state index is 13.3. The molecule has 0 bridgehead atoms. The summed E-state index contributed by atoms with van der Waals surface area (Å²) >= 11 is 0. The number of nitrogens with zero attached hydrogens (tertiary/aromatic N) is 3. The quantitative estimate of drug-likeness (QED) is 0.799. The van der Waals surface area contributed by atoms with E-state index >= 15 is 0 Å². The first-order chi connectivity index (χ1) is 12.9. The van der Waals surface area contributed by atoms with Crippen LogP contribution in [0.25, 0.3) is 0 Å². The number of carbonyl (C=O) groups is 1. The first-order valence-electron chi connectivity index (χ1n) is 9.30. The van der Waals surface area contributed by atoms with Gasteiger partial charge in [0.2, 0.25) is 0 Å². The van der Waals surface area contributed by atoms with Gasteiger partial charge in [0.25, 0.3) is 5.91 Å². The van der Waals surface area contributed by atoms with Gasteiger partial charge in [-0.05, 0) is 56.3 Å². The highest BCUT2D eigenvalue weighted by Gasteiger charge is 2.34. The number of benzene rings is 2. The fraction of sp³-hybridized carbons (Fsp3) is 0.364. The molecule has 2 aromatic carbocycles. The second-order valence-corrected chi connectivity index (χ2v) is 7.20. The van der Waals surface area contributed by atoms with E-state index in [2.05, 4.69) is 37.1 Å². The van der Waals surface area contributed by atoms with E-state index in [0.717, 1.165) is 34.5 Å². The molecule has 0 saturated heterocycles. The normalized spacial score (nSPS) is 16.7. The average Bonchev–Trinajstić information content (AvgIpc) is 3.09. The van der Waals surface area contributed by atoms with Crippen molar-refractivity contribution < 1.29 is 9.18 Å². The number of hydrogen-bond donors (Lipinski definition) is 0. The second kappa shape index (κ2) is 8.01. The van der Waals surface area contributed by atoms with Crippen molar-refractivity contribution in [2.75, 3.05) is 20.1 Å². The lowest BCUT2D eigenvalue weighted by Crippen LogP contribution is -2.36. The van der Waals surface area contributed by atoms with E-state index in [0.29, 0.717) is 13.0 Å². The number of aryl methyl sites for hydroxylation is 2. The van der Waals surface area contributed by atoms with Crippen molar-refractivity contribution in [1.82, 2.24) is 9.91 Å². The van der Waals surface area contributed by atoms with E-state index < -0.39 is 0 Å². The second-order valence-electron chi connectivity index (χ2n) is 7.20. The Balaban J connectivity index is 1.97. The molecule has 5 heteroatoms. The van der Waals surface area contributed by atoms with E-state index in [1.165, 1.54) is 12.1 Å². The van der Waals surface area contributed by atoms with Crippen molar-refractivity contribution in [2.45, 2.75) is 33.2 Å². The minimum atomic E-state index is -0.277. The van der Waals surface area contributed by atoms with Crippen molar-refractivity contribution in [3.05, 3.63) is 70.5 Å². The average molecular weight is 367 g/mol. The molecule has 0 saturated carbocycles. The van der Waals surface area contributed by atoms with Gasteiger partial charge in [-0.3, -0.25) is 9.69 Å². The van der Waals surface area contributed by atoms with Crippen molar-refractivity contribution in [1.29, 1.82) is 0 Å². The van der Waals surface area contributed by atoms with E-state index in [1.54, 1.807) is 17.1 Å². The van der Waals surface area contributed by atoms with E-state index in [-0.39, 0.29) is 17.8 Å². The number of halogens is 1. The molecule has 4 nitrogen and oxygen atoms in total. The highest BCUT2D eigenvalue weighted by molar-refractivity contribution is 6.03. The Hall–Kier alpha value is -2.53. The monoisotopic (exact) mass is 367 g/mol. The van der Waals surface area contributed by atoms with Crippen LogP contribution in [-0.4, -0.2) is 41.7 Å². The molecule has 3 rings (SSSR count). The molecule has 1 aliphatic rings. The number of hydrazone groups is 1. The fourth-order valence-corrected chi connectivity index (χ4v) is 3.33. The first kappa shape index (κ1) is 19.2. The van der Waals surface area contributed by atoms with Gasteiger partial charge in [-0.2, -0.15) is 5.10 Å². The minimum Gasteiger partial charge on any atom is -0.298 e. The molecule has 142 valence electrons. The Morgan fingerprint density at radius 2 is 1.93 bits per heavy atom. The van der Waals surface area contributed by atoms with Gasteiger partial charge in [0.05, 0.1) is 18.3 Å². The Kier molecular flexibility index (Phi) is 5.71. The van der Waals surface area contributed by atoms with Crippen LogP contribution in [0.3, 0.4) is 0 Å². The van der Waals surface area contributed by atoms with E-state index in [9.17, 15) is 9.18 Å². The topological polar surface area (TPSA) is 35.9 Å². The van der Waals surface area contributed by atoms with Crippen molar-refractivity contribution in [2.24, 2.45) is 5.10 Å². The van der Waals surface area contributed by atoms with Gasteiger partial charge >= 0.3 is 0 Å². The number of likely N-dealkylation sites (N-methyl/N-ethyl adjacent to an activating group) is 1. The van der Waals surface area contributed by atoms with Crippen LogP contribution in [-0.2, 0) is 4.79 Å².